The molecule has 1 heterocycles. The normalized spacial score (nSPS) is 10.4. The second-order valence-corrected chi connectivity index (χ2v) is 4.09. The van der Waals surface area contributed by atoms with Gasteiger partial charge in [0, 0.05) is 19.2 Å². The van der Waals surface area contributed by atoms with Crippen molar-refractivity contribution in [3.63, 3.8) is 0 Å². The Morgan fingerprint density at radius 2 is 2.11 bits per heavy atom. The molecule has 2 rings (SSSR count). The molecule has 1 aromatic heterocycles. The minimum Gasteiger partial charge on any atom is -0.383 e. The summed E-state index contributed by atoms with van der Waals surface area (Å²) >= 11 is 0. The van der Waals surface area contributed by atoms with Gasteiger partial charge in [0.05, 0.1) is 12.3 Å². The van der Waals surface area contributed by atoms with Gasteiger partial charge < -0.3 is 14.6 Å². The highest BCUT2D eigenvalue weighted by Gasteiger charge is 2.21. The highest BCUT2D eigenvalue weighted by Crippen LogP contribution is 2.25. The summed E-state index contributed by atoms with van der Waals surface area (Å²) in [4.78, 5) is 12.1. The first-order chi connectivity index (χ1) is 9.24. The van der Waals surface area contributed by atoms with Gasteiger partial charge in [0.25, 0.3) is 5.91 Å². The van der Waals surface area contributed by atoms with Gasteiger partial charge in [-0.3, -0.25) is 4.79 Å². The fourth-order valence-corrected chi connectivity index (χ4v) is 1.78. The monoisotopic (exact) mass is 260 g/mol. The van der Waals surface area contributed by atoms with E-state index in [1.54, 1.807) is 14.0 Å². The molecule has 100 valence electrons. The Kier molecular flexibility index (Phi) is 4.30. The number of hydrogen-bond donors (Lipinski definition) is 1. The maximum Gasteiger partial charge on any atom is 0.257 e. The van der Waals surface area contributed by atoms with E-state index in [4.69, 9.17) is 9.26 Å². The Morgan fingerprint density at radius 1 is 1.37 bits per heavy atom. The summed E-state index contributed by atoms with van der Waals surface area (Å²) in [7, 11) is 1.59. The van der Waals surface area contributed by atoms with Crippen molar-refractivity contribution in [1.82, 2.24) is 10.5 Å². The van der Waals surface area contributed by atoms with Crippen LogP contribution in [0.15, 0.2) is 34.9 Å². The molecule has 0 fully saturated rings. The van der Waals surface area contributed by atoms with Crippen molar-refractivity contribution in [1.29, 1.82) is 0 Å². The van der Waals surface area contributed by atoms with Crippen molar-refractivity contribution < 1.29 is 14.1 Å². The highest BCUT2D eigenvalue weighted by atomic mass is 16.5. The van der Waals surface area contributed by atoms with E-state index in [0.29, 0.717) is 30.2 Å². The molecular weight excluding hydrogens is 244 g/mol. The lowest BCUT2D eigenvalue weighted by Gasteiger charge is -2.04. The van der Waals surface area contributed by atoms with E-state index in [-0.39, 0.29) is 5.91 Å². The molecule has 0 saturated carbocycles. The van der Waals surface area contributed by atoms with Crippen molar-refractivity contribution in [2.45, 2.75) is 6.92 Å². The SMILES string of the molecule is COCCNC(=O)c1c(C)noc1-c1ccccc1. The molecule has 0 unspecified atom stereocenters. The maximum absolute atomic E-state index is 12.1. The number of carbonyl (C=O) groups is 1. The van der Waals surface area contributed by atoms with Crippen molar-refractivity contribution in [2.24, 2.45) is 0 Å². The standard InChI is InChI=1S/C14H16N2O3/c1-10-12(14(17)15-8-9-18-2)13(19-16-10)11-6-4-3-5-7-11/h3-7H,8-9H2,1-2H3,(H,15,17). The predicted octanol–water partition coefficient (Wildman–Crippen LogP) is 2.03. The zero-order valence-corrected chi connectivity index (χ0v) is 11.0. The molecule has 19 heavy (non-hydrogen) atoms. The van der Waals surface area contributed by atoms with Gasteiger partial charge in [0.1, 0.15) is 5.56 Å². The van der Waals surface area contributed by atoms with Crippen LogP contribution in [0.3, 0.4) is 0 Å². The largest absolute Gasteiger partial charge is 0.383 e. The highest BCUT2D eigenvalue weighted by molar-refractivity contribution is 6.00. The van der Waals surface area contributed by atoms with Crippen LogP contribution in [0.5, 0.6) is 0 Å². The van der Waals surface area contributed by atoms with Crippen LogP contribution in [0.4, 0.5) is 0 Å². The molecule has 0 spiro atoms. The number of aromatic nitrogens is 1. The third-order valence-corrected chi connectivity index (χ3v) is 2.72. The van der Waals surface area contributed by atoms with Crippen LogP contribution in [0.25, 0.3) is 11.3 Å². The average molecular weight is 260 g/mol. The van der Waals surface area contributed by atoms with Crippen LogP contribution in [0, 0.1) is 6.92 Å². The second kappa shape index (κ2) is 6.15. The third kappa shape index (κ3) is 3.00. The minimum absolute atomic E-state index is 0.199. The number of amides is 1. The smallest absolute Gasteiger partial charge is 0.257 e. The Bertz CT molecular complexity index is 549. The number of hydrogen-bond acceptors (Lipinski definition) is 4. The molecule has 0 aliphatic carbocycles. The van der Waals surface area contributed by atoms with E-state index in [1.807, 2.05) is 30.3 Å². The number of nitrogens with zero attached hydrogens (tertiary/aromatic N) is 1. The molecule has 1 aromatic carbocycles. The van der Waals surface area contributed by atoms with Gasteiger partial charge in [0.15, 0.2) is 5.76 Å². The van der Waals surface area contributed by atoms with Crippen LogP contribution in [0.2, 0.25) is 0 Å². The van der Waals surface area contributed by atoms with Crippen molar-refractivity contribution in [2.75, 3.05) is 20.3 Å². The van der Waals surface area contributed by atoms with Crippen LogP contribution < -0.4 is 5.32 Å². The third-order valence-electron chi connectivity index (χ3n) is 2.72. The van der Waals surface area contributed by atoms with E-state index < -0.39 is 0 Å². The molecule has 5 heteroatoms. The number of benzene rings is 1. The summed E-state index contributed by atoms with van der Waals surface area (Å²) in [6, 6.07) is 9.45. The topological polar surface area (TPSA) is 64.4 Å². The fraction of sp³-hybridized carbons (Fsp3) is 0.286. The Hall–Kier alpha value is -2.14. The fourth-order valence-electron chi connectivity index (χ4n) is 1.78. The van der Waals surface area contributed by atoms with Crippen molar-refractivity contribution in [3.8, 4) is 11.3 Å². The molecule has 1 amide bonds. The zero-order chi connectivity index (χ0) is 13.7. The molecule has 0 saturated heterocycles. The van der Waals surface area contributed by atoms with E-state index in [9.17, 15) is 4.79 Å². The van der Waals surface area contributed by atoms with Gasteiger partial charge >= 0.3 is 0 Å². The molecule has 0 radical (unpaired) electrons. The first-order valence-electron chi connectivity index (χ1n) is 6.03. The van der Waals surface area contributed by atoms with Crippen LogP contribution in [0.1, 0.15) is 16.1 Å². The summed E-state index contributed by atoms with van der Waals surface area (Å²) in [5.74, 6) is 0.294. The average Bonchev–Trinajstić information content (AvgIpc) is 2.82. The molecule has 0 aliphatic rings. The molecule has 0 bridgehead atoms. The number of aryl methyl sites for hydroxylation is 1. The molecule has 5 nitrogen and oxygen atoms in total. The van der Waals surface area contributed by atoms with E-state index in [0.717, 1.165) is 5.56 Å². The number of carbonyl (C=O) groups excluding carboxylic acids is 1. The molecule has 2 aromatic rings. The zero-order valence-electron chi connectivity index (χ0n) is 11.0. The van der Waals surface area contributed by atoms with Gasteiger partial charge in [-0.2, -0.15) is 0 Å². The number of methoxy groups -OCH3 is 1. The van der Waals surface area contributed by atoms with Crippen LogP contribution >= 0.6 is 0 Å². The Labute approximate surface area is 111 Å². The van der Waals surface area contributed by atoms with E-state index in [2.05, 4.69) is 10.5 Å². The lowest BCUT2D eigenvalue weighted by Crippen LogP contribution is -2.27. The van der Waals surface area contributed by atoms with Gasteiger partial charge in [-0.25, -0.2) is 0 Å². The molecular formula is C14H16N2O3. The lowest BCUT2D eigenvalue weighted by atomic mass is 10.1. The summed E-state index contributed by atoms with van der Waals surface area (Å²) in [6.45, 7) is 2.67. The number of nitrogens with one attached hydrogen (secondary N) is 1. The predicted molar refractivity (Wildman–Crippen MR) is 70.9 cm³/mol. The number of rotatable bonds is 5. The first kappa shape index (κ1) is 13.3. The van der Waals surface area contributed by atoms with Crippen molar-refractivity contribution >= 4 is 5.91 Å². The van der Waals surface area contributed by atoms with E-state index >= 15 is 0 Å². The summed E-state index contributed by atoms with van der Waals surface area (Å²) in [5.41, 5.74) is 1.89. The molecule has 0 atom stereocenters. The van der Waals surface area contributed by atoms with Crippen LogP contribution in [-0.4, -0.2) is 31.3 Å². The Morgan fingerprint density at radius 3 is 2.79 bits per heavy atom. The summed E-state index contributed by atoms with van der Waals surface area (Å²) < 4.78 is 10.2. The van der Waals surface area contributed by atoms with Crippen molar-refractivity contribution in [3.05, 3.63) is 41.6 Å². The minimum atomic E-state index is -0.199. The second-order valence-electron chi connectivity index (χ2n) is 4.09. The van der Waals surface area contributed by atoms with Gasteiger partial charge in [-0.15, -0.1) is 0 Å². The maximum atomic E-state index is 12.1. The first-order valence-corrected chi connectivity index (χ1v) is 6.03. The quantitative estimate of drug-likeness (QED) is 0.835. The lowest BCUT2D eigenvalue weighted by molar-refractivity contribution is 0.0937. The molecule has 1 N–H and O–H groups in total. The van der Waals surface area contributed by atoms with Gasteiger partial charge in [-0.05, 0) is 6.92 Å². The van der Waals surface area contributed by atoms with Crippen LogP contribution in [-0.2, 0) is 4.74 Å². The number of ether oxygens (including phenoxy) is 1. The Balaban J connectivity index is 2.25. The van der Waals surface area contributed by atoms with Gasteiger partial charge in [-0.1, -0.05) is 35.5 Å². The molecule has 0 aliphatic heterocycles. The summed E-state index contributed by atoms with van der Waals surface area (Å²) in [5, 5.41) is 6.65. The van der Waals surface area contributed by atoms with Gasteiger partial charge in [0.2, 0.25) is 0 Å². The summed E-state index contributed by atoms with van der Waals surface area (Å²) in [6.07, 6.45) is 0. The van der Waals surface area contributed by atoms with E-state index in [1.165, 1.54) is 0 Å².